The van der Waals surface area contributed by atoms with Crippen LogP contribution in [-0.2, 0) is 0 Å². The van der Waals surface area contributed by atoms with E-state index in [1.54, 1.807) is 6.07 Å². The Morgan fingerprint density at radius 2 is 2.15 bits per heavy atom. The van der Waals surface area contributed by atoms with Crippen LogP contribution in [0.5, 0.6) is 0 Å². The molecular formula is C8H6N2O3. The standard InChI is InChI=1S/C8H6N2O3/c11-6-2-1-5-7(10-6)4(3-9-5)8(12)13/h1-3,9H,(H,10,11)(H,12,13). The molecule has 0 atom stereocenters. The highest BCUT2D eigenvalue weighted by atomic mass is 16.4. The Kier molecular flexibility index (Phi) is 1.45. The first kappa shape index (κ1) is 7.60. The molecule has 2 aromatic rings. The number of carbonyl (C=O) groups is 1. The maximum atomic E-state index is 10.9. The molecule has 5 nitrogen and oxygen atoms in total. The van der Waals surface area contributed by atoms with Gasteiger partial charge in [-0.2, -0.15) is 0 Å². The van der Waals surface area contributed by atoms with Crippen LogP contribution < -0.4 is 5.56 Å². The van der Waals surface area contributed by atoms with E-state index in [-0.39, 0.29) is 11.1 Å². The Hall–Kier alpha value is -2.04. The maximum Gasteiger partial charge on any atom is 0.339 e. The van der Waals surface area contributed by atoms with E-state index in [1.165, 1.54) is 12.3 Å². The highest BCUT2D eigenvalue weighted by Crippen LogP contribution is 2.12. The summed E-state index contributed by atoms with van der Waals surface area (Å²) in [4.78, 5) is 26.7. The zero-order chi connectivity index (χ0) is 9.42. The molecule has 2 aromatic heterocycles. The van der Waals surface area contributed by atoms with Gasteiger partial charge in [0.1, 0.15) is 5.56 Å². The summed E-state index contributed by atoms with van der Waals surface area (Å²) < 4.78 is 0. The third-order valence-electron chi connectivity index (χ3n) is 1.79. The van der Waals surface area contributed by atoms with Crippen molar-refractivity contribution in [3.8, 4) is 0 Å². The lowest BCUT2D eigenvalue weighted by molar-refractivity contribution is 0.0699. The van der Waals surface area contributed by atoms with Gasteiger partial charge in [-0.15, -0.1) is 0 Å². The van der Waals surface area contributed by atoms with Crippen molar-refractivity contribution in [1.29, 1.82) is 0 Å². The lowest BCUT2D eigenvalue weighted by atomic mass is 10.3. The topological polar surface area (TPSA) is 85.9 Å². The summed E-state index contributed by atoms with van der Waals surface area (Å²) in [6.07, 6.45) is 1.35. The number of aromatic carboxylic acids is 1. The number of pyridine rings is 1. The molecule has 5 heteroatoms. The number of carboxylic acids is 1. The van der Waals surface area contributed by atoms with Crippen LogP contribution in [0.4, 0.5) is 0 Å². The van der Waals surface area contributed by atoms with Crippen molar-refractivity contribution in [3.05, 3.63) is 34.2 Å². The Balaban J connectivity index is 2.86. The Morgan fingerprint density at radius 3 is 2.85 bits per heavy atom. The van der Waals surface area contributed by atoms with E-state index < -0.39 is 5.97 Å². The second kappa shape index (κ2) is 2.48. The summed E-state index contributed by atoms with van der Waals surface area (Å²) in [5.41, 5.74) is 0.708. The van der Waals surface area contributed by atoms with Crippen LogP contribution in [0.15, 0.2) is 23.1 Å². The van der Waals surface area contributed by atoms with Gasteiger partial charge in [0.2, 0.25) is 5.56 Å². The van der Waals surface area contributed by atoms with E-state index in [0.717, 1.165) is 0 Å². The first-order chi connectivity index (χ1) is 6.18. The average molecular weight is 178 g/mol. The molecule has 0 aliphatic rings. The Morgan fingerprint density at radius 1 is 1.38 bits per heavy atom. The molecule has 13 heavy (non-hydrogen) atoms. The third kappa shape index (κ3) is 1.10. The van der Waals surface area contributed by atoms with Gasteiger partial charge in [-0.05, 0) is 6.07 Å². The fraction of sp³-hybridized carbons (Fsp3) is 0. The lowest BCUT2D eigenvalue weighted by Gasteiger charge is -1.90. The maximum absolute atomic E-state index is 10.9. The molecule has 66 valence electrons. The smallest absolute Gasteiger partial charge is 0.339 e. The molecule has 0 radical (unpaired) electrons. The molecule has 0 saturated heterocycles. The summed E-state index contributed by atoms with van der Waals surface area (Å²) in [7, 11) is 0. The first-order valence-electron chi connectivity index (χ1n) is 3.62. The van der Waals surface area contributed by atoms with Crippen molar-refractivity contribution < 1.29 is 9.90 Å². The largest absolute Gasteiger partial charge is 0.478 e. The number of hydrogen-bond acceptors (Lipinski definition) is 2. The van der Waals surface area contributed by atoms with Gasteiger partial charge in [0, 0.05) is 12.3 Å². The molecule has 0 bridgehead atoms. The van der Waals surface area contributed by atoms with Gasteiger partial charge in [0.25, 0.3) is 0 Å². The zero-order valence-corrected chi connectivity index (χ0v) is 6.50. The Bertz CT molecular complexity index is 523. The minimum Gasteiger partial charge on any atom is -0.478 e. The van der Waals surface area contributed by atoms with Crippen LogP contribution in [-0.4, -0.2) is 21.0 Å². The number of hydrogen-bond donors (Lipinski definition) is 3. The first-order valence-corrected chi connectivity index (χ1v) is 3.62. The number of fused-ring (bicyclic) bond motifs is 1. The number of carboxylic acid groups (broad SMARTS) is 1. The van der Waals surface area contributed by atoms with E-state index in [2.05, 4.69) is 9.97 Å². The summed E-state index contributed by atoms with van der Waals surface area (Å²) in [5.74, 6) is -1.06. The van der Waals surface area contributed by atoms with E-state index in [9.17, 15) is 9.59 Å². The zero-order valence-electron chi connectivity index (χ0n) is 6.50. The molecule has 2 heterocycles. The van der Waals surface area contributed by atoms with E-state index in [4.69, 9.17) is 5.11 Å². The molecule has 2 rings (SSSR count). The SMILES string of the molecule is O=C(O)c1c[nH]c2ccc(=O)[nH]c12. The molecule has 0 spiro atoms. The average Bonchev–Trinajstić information content (AvgIpc) is 2.46. The van der Waals surface area contributed by atoms with Gasteiger partial charge in [0.15, 0.2) is 0 Å². The number of rotatable bonds is 1. The van der Waals surface area contributed by atoms with Crippen LogP contribution in [0, 0.1) is 0 Å². The monoisotopic (exact) mass is 178 g/mol. The predicted octanol–water partition coefficient (Wildman–Crippen LogP) is 0.554. The molecule has 0 aliphatic carbocycles. The quantitative estimate of drug-likeness (QED) is 0.596. The summed E-state index contributed by atoms with van der Waals surface area (Å²) in [6, 6.07) is 2.88. The minimum atomic E-state index is -1.06. The van der Waals surface area contributed by atoms with Gasteiger partial charge in [-0.25, -0.2) is 4.79 Å². The predicted molar refractivity (Wildman–Crippen MR) is 45.9 cm³/mol. The van der Waals surface area contributed by atoms with Crippen LogP contribution in [0.3, 0.4) is 0 Å². The second-order valence-electron chi connectivity index (χ2n) is 2.62. The van der Waals surface area contributed by atoms with Crippen molar-refractivity contribution in [2.24, 2.45) is 0 Å². The molecule has 3 N–H and O–H groups in total. The van der Waals surface area contributed by atoms with Gasteiger partial charge in [-0.1, -0.05) is 0 Å². The number of nitrogens with one attached hydrogen (secondary N) is 2. The van der Waals surface area contributed by atoms with Crippen LogP contribution >= 0.6 is 0 Å². The van der Waals surface area contributed by atoms with Gasteiger partial charge in [0.05, 0.1) is 11.0 Å². The lowest BCUT2D eigenvalue weighted by Crippen LogP contribution is -2.04. The Labute approximate surface area is 72.0 Å². The van der Waals surface area contributed by atoms with Crippen LogP contribution in [0.2, 0.25) is 0 Å². The third-order valence-corrected chi connectivity index (χ3v) is 1.79. The van der Waals surface area contributed by atoms with E-state index >= 15 is 0 Å². The molecule has 0 fully saturated rings. The fourth-order valence-electron chi connectivity index (χ4n) is 1.20. The van der Waals surface area contributed by atoms with Gasteiger partial charge in [-0.3, -0.25) is 4.79 Å². The van der Waals surface area contributed by atoms with Crippen molar-refractivity contribution in [3.63, 3.8) is 0 Å². The van der Waals surface area contributed by atoms with Gasteiger partial charge < -0.3 is 15.1 Å². The van der Waals surface area contributed by atoms with Crippen molar-refractivity contribution >= 4 is 17.0 Å². The van der Waals surface area contributed by atoms with Gasteiger partial charge >= 0.3 is 5.97 Å². The minimum absolute atomic E-state index is 0.0766. The number of H-pyrrole nitrogens is 2. The molecule has 0 unspecified atom stereocenters. The summed E-state index contributed by atoms with van der Waals surface area (Å²) in [5, 5.41) is 8.72. The van der Waals surface area contributed by atoms with Crippen LogP contribution in [0.1, 0.15) is 10.4 Å². The highest BCUT2D eigenvalue weighted by molar-refractivity contribution is 6.01. The summed E-state index contributed by atoms with van der Waals surface area (Å²) in [6.45, 7) is 0. The second-order valence-corrected chi connectivity index (χ2v) is 2.62. The molecule has 0 aromatic carbocycles. The van der Waals surface area contributed by atoms with Crippen molar-refractivity contribution in [2.75, 3.05) is 0 Å². The molecule has 0 aliphatic heterocycles. The molecule has 0 saturated carbocycles. The van der Waals surface area contributed by atoms with Crippen molar-refractivity contribution in [1.82, 2.24) is 9.97 Å². The van der Waals surface area contributed by atoms with Crippen LogP contribution in [0.25, 0.3) is 11.0 Å². The van der Waals surface area contributed by atoms with E-state index in [1.807, 2.05) is 0 Å². The molecular weight excluding hydrogens is 172 g/mol. The normalized spacial score (nSPS) is 10.5. The number of aromatic amines is 2. The number of aromatic nitrogens is 2. The highest BCUT2D eigenvalue weighted by Gasteiger charge is 2.10. The van der Waals surface area contributed by atoms with E-state index in [0.29, 0.717) is 11.0 Å². The molecule has 0 amide bonds. The summed E-state index contributed by atoms with van der Waals surface area (Å²) >= 11 is 0. The fourth-order valence-corrected chi connectivity index (χ4v) is 1.20. The van der Waals surface area contributed by atoms with Crippen molar-refractivity contribution in [2.45, 2.75) is 0 Å².